The molecule has 0 spiro atoms. The van der Waals surface area contributed by atoms with Gasteiger partial charge in [-0.3, -0.25) is 4.79 Å². The minimum atomic E-state index is -0.661. The van der Waals surface area contributed by atoms with Crippen molar-refractivity contribution in [2.24, 2.45) is 5.73 Å². The molecule has 1 amide bonds. The maximum absolute atomic E-state index is 11.7. The SMILES string of the molecule is Cc1cccc(Cl)c1NC(=O)C1(N)CC1. The lowest BCUT2D eigenvalue weighted by Crippen LogP contribution is -2.38. The van der Waals surface area contributed by atoms with E-state index in [2.05, 4.69) is 5.32 Å². The molecule has 1 aromatic rings. The van der Waals surface area contributed by atoms with Crippen molar-refractivity contribution in [3.8, 4) is 0 Å². The van der Waals surface area contributed by atoms with Gasteiger partial charge < -0.3 is 11.1 Å². The Morgan fingerprint density at radius 2 is 2.20 bits per heavy atom. The quantitative estimate of drug-likeness (QED) is 0.808. The van der Waals surface area contributed by atoms with Crippen molar-refractivity contribution >= 4 is 23.2 Å². The van der Waals surface area contributed by atoms with Gasteiger partial charge in [-0.15, -0.1) is 0 Å². The van der Waals surface area contributed by atoms with Crippen LogP contribution in [0.4, 0.5) is 5.69 Å². The van der Waals surface area contributed by atoms with Gasteiger partial charge in [-0.25, -0.2) is 0 Å². The van der Waals surface area contributed by atoms with Crippen LogP contribution in [0.15, 0.2) is 18.2 Å². The van der Waals surface area contributed by atoms with Crippen molar-refractivity contribution < 1.29 is 4.79 Å². The molecule has 1 aliphatic carbocycles. The molecule has 0 bridgehead atoms. The van der Waals surface area contributed by atoms with Crippen LogP contribution in [-0.2, 0) is 4.79 Å². The molecule has 0 aromatic heterocycles. The molecule has 0 unspecified atom stereocenters. The Kier molecular flexibility index (Phi) is 2.44. The molecule has 15 heavy (non-hydrogen) atoms. The monoisotopic (exact) mass is 224 g/mol. The first-order valence-corrected chi connectivity index (χ1v) is 5.26. The third kappa shape index (κ3) is 1.98. The molecule has 0 radical (unpaired) electrons. The number of carbonyl (C=O) groups excluding carboxylic acids is 1. The zero-order valence-corrected chi connectivity index (χ0v) is 9.27. The molecule has 3 nitrogen and oxygen atoms in total. The molecule has 0 heterocycles. The highest BCUT2D eigenvalue weighted by molar-refractivity contribution is 6.34. The summed E-state index contributed by atoms with van der Waals surface area (Å²) in [7, 11) is 0. The smallest absolute Gasteiger partial charge is 0.244 e. The van der Waals surface area contributed by atoms with Crippen molar-refractivity contribution in [1.82, 2.24) is 0 Å². The van der Waals surface area contributed by atoms with Gasteiger partial charge in [-0.05, 0) is 31.4 Å². The van der Waals surface area contributed by atoms with E-state index in [1.54, 1.807) is 6.07 Å². The van der Waals surface area contributed by atoms with E-state index in [-0.39, 0.29) is 5.91 Å². The number of benzene rings is 1. The van der Waals surface area contributed by atoms with E-state index in [0.717, 1.165) is 18.4 Å². The predicted octanol–water partition coefficient (Wildman–Crippen LogP) is 2.08. The van der Waals surface area contributed by atoms with Crippen LogP contribution in [0, 0.1) is 6.92 Å². The molecule has 0 aliphatic heterocycles. The average molecular weight is 225 g/mol. The van der Waals surface area contributed by atoms with Crippen LogP contribution in [0.2, 0.25) is 5.02 Å². The molecular weight excluding hydrogens is 212 g/mol. The highest BCUT2D eigenvalue weighted by Gasteiger charge is 2.46. The summed E-state index contributed by atoms with van der Waals surface area (Å²) in [5.74, 6) is -0.140. The highest BCUT2D eigenvalue weighted by Crippen LogP contribution is 2.34. The Morgan fingerprint density at radius 3 is 2.73 bits per heavy atom. The molecule has 4 heteroatoms. The summed E-state index contributed by atoms with van der Waals surface area (Å²) < 4.78 is 0. The molecule has 0 atom stereocenters. The Bertz CT molecular complexity index is 393. The zero-order chi connectivity index (χ0) is 11.1. The molecule has 1 aromatic carbocycles. The fourth-order valence-electron chi connectivity index (χ4n) is 1.39. The van der Waals surface area contributed by atoms with Crippen molar-refractivity contribution in [2.45, 2.75) is 25.3 Å². The normalized spacial score (nSPS) is 17.3. The minimum Gasteiger partial charge on any atom is -0.323 e. The largest absolute Gasteiger partial charge is 0.323 e. The van der Waals surface area contributed by atoms with E-state index in [1.165, 1.54) is 0 Å². The third-order valence-electron chi connectivity index (χ3n) is 2.70. The van der Waals surface area contributed by atoms with E-state index in [9.17, 15) is 4.79 Å². The number of hydrogen-bond acceptors (Lipinski definition) is 2. The summed E-state index contributed by atoms with van der Waals surface area (Å²) in [6.07, 6.45) is 1.50. The summed E-state index contributed by atoms with van der Waals surface area (Å²) in [5.41, 5.74) is 6.73. The number of anilines is 1. The van der Waals surface area contributed by atoms with Gasteiger partial charge in [-0.1, -0.05) is 23.7 Å². The molecule has 2 rings (SSSR count). The van der Waals surface area contributed by atoms with Crippen LogP contribution in [0.25, 0.3) is 0 Å². The van der Waals surface area contributed by atoms with Crippen LogP contribution >= 0.6 is 11.6 Å². The van der Waals surface area contributed by atoms with Gasteiger partial charge in [0.1, 0.15) is 0 Å². The Morgan fingerprint density at radius 1 is 1.53 bits per heavy atom. The van der Waals surface area contributed by atoms with Crippen LogP contribution in [0.3, 0.4) is 0 Å². The summed E-state index contributed by atoms with van der Waals surface area (Å²) in [6, 6.07) is 5.50. The Balaban J connectivity index is 2.20. The van der Waals surface area contributed by atoms with E-state index in [0.29, 0.717) is 10.7 Å². The van der Waals surface area contributed by atoms with Crippen LogP contribution in [-0.4, -0.2) is 11.4 Å². The van der Waals surface area contributed by atoms with Gasteiger partial charge in [0.25, 0.3) is 0 Å². The Hall–Kier alpha value is -1.06. The number of aryl methyl sites for hydroxylation is 1. The summed E-state index contributed by atoms with van der Waals surface area (Å²) in [5, 5.41) is 3.33. The van der Waals surface area contributed by atoms with Crippen molar-refractivity contribution in [1.29, 1.82) is 0 Å². The molecule has 1 aliphatic rings. The van der Waals surface area contributed by atoms with Gasteiger partial charge >= 0.3 is 0 Å². The maximum Gasteiger partial charge on any atom is 0.244 e. The van der Waals surface area contributed by atoms with Crippen LogP contribution < -0.4 is 11.1 Å². The summed E-state index contributed by atoms with van der Waals surface area (Å²) in [6.45, 7) is 1.90. The molecule has 80 valence electrons. The van der Waals surface area contributed by atoms with Crippen LogP contribution in [0.5, 0.6) is 0 Å². The van der Waals surface area contributed by atoms with Crippen LogP contribution in [0.1, 0.15) is 18.4 Å². The van der Waals surface area contributed by atoms with E-state index < -0.39 is 5.54 Å². The number of halogens is 1. The lowest BCUT2D eigenvalue weighted by atomic mass is 10.2. The van der Waals surface area contributed by atoms with E-state index in [4.69, 9.17) is 17.3 Å². The number of para-hydroxylation sites is 1. The van der Waals surface area contributed by atoms with Gasteiger partial charge in [-0.2, -0.15) is 0 Å². The number of rotatable bonds is 2. The van der Waals surface area contributed by atoms with Gasteiger partial charge in [0.15, 0.2) is 0 Å². The van der Waals surface area contributed by atoms with Gasteiger partial charge in [0.2, 0.25) is 5.91 Å². The fourth-order valence-corrected chi connectivity index (χ4v) is 1.66. The first-order valence-electron chi connectivity index (χ1n) is 4.88. The number of nitrogens with two attached hydrogens (primary N) is 1. The number of nitrogens with one attached hydrogen (secondary N) is 1. The highest BCUT2D eigenvalue weighted by atomic mass is 35.5. The zero-order valence-electron chi connectivity index (χ0n) is 8.51. The molecule has 1 saturated carbocycles. The van der Waals surface area contributed by atoms with E-state index in [1.807, 2.05) is 19.1 Å². The lowest BCUT2D eigenvalue weighted by molar-refractivity contribution is -0.118. The topological polar surface area (TPSA) is 55.1 Å². The van der Waals surface area contributed by atoms with Crippen molar-refractivity contribution in [3.05, 3.63) is 28.8 Å². The van der Waals surface area contributed by atoms with E-state index >= 15 is 0 Å². The number of hydrogen-bond donors (Lipinski definition) is 2. The number of amides is 1. The third-order valence-corrected chi connectivity index (χ3v) is 3.02. The van der Waals surface area contributed by atoms with Crippen molar-refractivity contribution in [2.75, 3.05) is 5.32 Å². The Labute approximate surface area is 93.6 Å². The first-order chi connectivity index (χ1) is 7.03. The molecule has 1 fully saturated rings. The second-order valence-corrected chi connectivity index (χ2v) is 4.45. The molecular formula is C11H13ClN2O. The number of carbonyl (C=O) groups is 1. The van der Waals surface area contributed by atoms with Crippen molar-refractivity contribution in [3.63, 3.8) is 0 Å². The second kappa shape index (κ2) is 3.51. The summed E-state index contributed by atoms with van der Waals surface area (Å²) in [4.78, 5) is 11.7. The first kappa shape index (κ1) is 10.5. The van der Waals surface area contributed by atoms with Gasteiger partial charge in [0, 0.05) is 0 Å². The summed E-state index contributed by atoms with van der Waals surface area (Å²) >= 11 is 5.99. The average Bonchev–Trinajstić information content (AvgIpc) is 2.91. The fraction of sp³-hybridized carbons (Fsp3) is 0.364. The second-order valence-electron chi connectivity index (χ2n) is 4.04. The molecule has 0 saturated heterocycles. The van der Waals surface area contributed by atoms with Gasteiger partial charge in [0.05, 0.1) is 16.2 Å². The predicted molar refractivity (Wildman–Crippen MR) is 61.0 cm³/mol. The standard InChI is InChI=1S/C11H13ClN2O/c1-7-3-2-4-8(12)9(7)14-10(15)11(13)5-6-11/h2-4H,5-6,13H2,1H3,(H,14,15). The maximum atomic E-state index is 11.7. The molecule has 3 N–H and O–H groups in total. The lowest BCUT2D eigenvalue weighted by Gasteiger charge is -2.13. The minimum absolute atomic E-state index is 0.140.